The van der Waals surface area contributed by atoms with Crippen molar-refractivity contribution in [3.63, 3.8) is 0 Å². The summed E-state index contributed by atoms with van der Waals surface area (Å²) in [6, 6.07) is 11.4. The zero-order valence-electron chi connectivity index (χ0n) is 11.1. The molecular formula is C16H13Cl3O2. The largest absolute Gasteiger partial charge is 0.493 e. The van der Waals surface area contributed by atoms with E-state index >= 15 is 0 Å². The van der Waals surface area contributed by atoms with Crippen LogP contribution in [-0.4, -0.2) is 13.2 Å². The van der Waals surface area contributed by atoms with Crippen LogP contribution >= 0.6 is 34.8 Å². The molecule has 0 aromatic heterocycles. The number of alkyl halides is 1. The summed E-state index contributed by atoms with van der Waals surface area (Å²) in [6.45, 7) is 1.10. The minimum atomic E-state index is 0.191. The number of para-hydroxylation sites is 1. The van der Waals surface area contributed by atoms with Crippen molar-refractivity contribution in [3.8, 4) is 11.5 Å². The Balaban J connectivity index is 1.78. The van der Waals surface area contributed by atoms with Crippen molar-refractivity contribution >= 4 is 34.8 Å². The Kier molecular flexibility index (Phi) is 4.48. The number of ether oxygens (including phenoxy) is 2. The van der Waals surface area contributed by atoms with Crippen molar-refractivity contribution in [1.29, 1.82) is 0 Å². The predicted octanol–water partition coefficient (Wildman–Crippen LogP) is 5.29. The van der Waals surface area contributed by atoms with Gasteiger partial charge in [0.2, 0.25) is 0 Å². The molecule has 0 saturated heterocycles. The first-order valence-electron chi connectivity index (χ1n) is 6.57. The molecular weight excluding hydrogens is 331 g/mol. The van der Waals surface area contributed by atoms with Crippen LogP contribution in [0.1, 0.15) is 17.0 Å². The fourth-order valence-electron chi connectivity index (χ4n) is 2.43. The van der Waals surface area contributed by atoms with Gasteiger partial charge in [0.1, 0.15) is 11.5 Å². The number of hydrogen-bond donors (Lipinski definition) is 0. The van der Waals surface area contributed by atoms with E-state index in [1.54, 1.807) is 12.1 Å². The van der Waals surface area contributed by atoms with Crippen LogP contribution in [0.25, 0.3) is 0 Å². The van der Waals surface area contributed by atoms with Gasteiger partial charge in [0.25, 0.3) is 0 Å². The van der Waals surface area contributed by atoms with Gasteiger partial charge in [-0.15, -0.1) is 11.6 Å². The van der Waals surface area contributed by atoms with Gasteiger partial charge in [0.05, 0.1) is 30.0 Å². The van der Waals surface area contributed by atoms with Crippen molar-refractivity contribution in [3.05, 3.63) is 57.6 Å². The molecule has 5 heteroatoms. The first kappa shape index (κ1) is 14.8. The van der Waals surface area contributed by atoms with E-state index in [0.29, 0.717) is 34.9 Å². The SMILES string of the molecule is ClCc1cc(Cl)cc(Cl)c1OCC1COc2ccccc21. The Morgan fingerprint density at radius 1 is 1.19 bits per heavy atom. The highest BCUT2D eigenvalue weighted by molar-refractivity contribution is 6.36. The lowest BCUT2D eigenvalue weighted by Gasteiger charge is -2.15. The van der Waals surface area contributed by atoms with Crippen molar-refractivity contribution in [1.82, 2.24) is 0 Å². The van der Waals surface area contributed by atoms with Gasteiger partial charge in [-0.1, -0.05) is 41.4 Å². The smallest absolute Gasteiger partial charge is 0.142 e. The maximum absolute atomic E-state index is 6.20. The quantitative estimate of drug-likeness (QED) is 0.702. The molecule has 2 aromatic carbocycles. The van der Waals surface area contributed by atoms with Gasteiger partial charge in [0, 0.05) is 16.1 Å². The summed E-state index contributed by atoms with van der Waals surface area (Å²) in [6.07, 6.45) is 0. The minimum absolute atomic E-state index is 0.191. The van der Waals surface area contributed by atoms with Crippen molar-refractivity contribution in [2.24, 2.45) is 0 Å². The molecule has 2 aromatic rings. The lowest BCUT2D eigenvalue weighted by Crippen LogP contribution is -2.12. The lowest BCUT2D eigenvalue weighted by molar-refractivity contribution is 0.247. The Labute approximate surface area is 138 Å². The van der Waals surface area contributed by atoms with E-state index < -0.39 is 0 Å². The maximum atomic E-state index is 6.20. The minimum Gasteiger partial charge on any atom is -0.493 e. The van der Waals surface area contributed by atoms with E-state index in [2.05, 4.69) is 6.07 Å². The molecule has 1 aliphatic heterocycles. The second kappa shape index (κ2) is 6.35. The molecule has 0 radical (unpaired) electrons. The van der Waals surface area contributed by atoms with Crippen molar-refractivity contribution < 1.29 is 9.47 Å². The highest BCUT2D eigenvalue weighted by Gasteiger charge is 2.25. The van der Waals surface area contributed by atoms with Crippen molar-refractivity contribution in [2.75, 3.05) is 13.2 Å². The van der Waals surface area contributed by atoms with Gasteiger partial charge in [-0.25, -0.2) is 0 Å². The summed E-state index contributed by atoms with van der Waals surface area (Å²) < 4.78 is 11.5. The maximum Gasteiger partial charge on any atom is 0.142 e. The molecule has 110 valence electrons. The molecule has 0 aliphatic carbocycles. The number of rotatable bonds is 4. The van der Waals surface area contributed by atoms with Crippen LogP contribution in [0.5, 0.6) is 11.5 Å². The number of benzene rings is 2. The third-order valence-corrected chi connectivity index (χ3v) is 4.24. The summed E-state index contributed by atoms with van der Waals surface area (Å²) >= 11 is 18.1. The van der Waals surface area contributed by atoms with Gasteiger partial charge in [0.15, 0.2) is 0 Å². The lowest BCUT2D eigenvalue weighted by atomic mass is 10.0. The summed E-state index contributed by atoms with van der Waals surface area (Å²) in [5, 5.41) is 1.03. The third kappa shape index (κ3) is 3.08. The highest BCUT2D eigenvalue weighted by atomic mass is 35.5. The second-order valence-corrected chi connectivity index (χ2v) is 5.98. The van der Waals surface area contributed by atoms with Gasteiger partial charge in [-0.05, 0) is 18.2 Å². The van der Waals surface area contributed by atoms with Crippen LogP contribution in [0.2, 0.25) is 10.0 Å². The zero-order chi connectivity index (χ0) is 14.8. The number of halogens is 3. The van der Waals surface area contributed by atoms with Gasteiger partial charge in [-0.3, -0.25) is 0 Å². The first-order valence-corrected chi connectivity index (χ1v) is 7.86. The molecule has 0 spiro atoms. The molecule has 0 saturated carbocycles. The first-order chi connectivity index (χ1) is 10.2. The van der Waals surface area contributed by atoms with E-state index in [1.807, 2.05) is 18.2 Å². The fourth-order valence-corrected chi connectivity index (χ4v) is 3.21. The van der Waals surface area contributed by atoms with Gasteiger partial charge < -0.3 is 9.47 Å². The molecule has 1 atom stereocenters. The van der Waals surface area contributed by atoms with Crippen LogP contribution in [0.15, 0.2) is 36.4 Å². The van der Waals surface area contributed by atoms with Crippen molar-refractivity contribution in [2.45, 2.75) is 11.8 Å². The van der Waals surface area contributed by atoms with Crippen LogP contribution in [0, 0.1) is 0 Å². The van der Waals surface area contributed by atoms with E-state index in [0.717, 1.165) is 16.9 Å². The Hall–Kier alpha value is -1.09. The standard InChI is InChI=1S/C16H13Cl3O2/c17-7-10-5-12(18)6-14(19)16(10)21-9-11-8-20-15-4-2-1-3-13(11)15/h1-6,11H,7-9H2. The van der Waals surface area contributed by atoms with Gasteiger partial charge in [-0.2, -0.15) is 0 Å². The molecule has 0 N–H and O–H groups in total. The van der Waals surface area contributed by atoms with Gasteiger partial charge >= 0.3 is 0 Å². The molecule has 1 unspecified atom stereocenters. The third-order valence-electron chi connectivity index (χ3n) is 3.46. The molecule has 0 fully saturated rings. The second-order valence-electron chi connectivity index (χ2n) is 4.87. The summed E-state index contributed by atoms with van der Waals surface area (Å²) in [4.78, 5) is 0. The van der Waals surface area contributed by atoms with E-state index in [-0.39, 0.29) is 5.92 Å². The Bertz CT molecular complexity index is 658. The molecule has 1 heterocycles. The molecule has 2 nitrogen and oxygen atoms in total. The van der Waals surface area contributed by atoms with Crippen LogP contribution in [0.4, 0.5) is 0 Å². The zero-order valence-corrected chi connectivity index (χ0v) is 13.4. The van der Waals surface area contributed by atoms with Crippen LogP contribution in [0.3, 0.4) is 0 Å². The number of hydrogen-bond acceptors (Lipinski definition) is 2. The number of fused-ring (bicyclic) bond motifs is 1. The molecule has 0 amide bonds. The summed E-state index contributed by atoms with van der Waals surface area (Å²) in [5.41, 5.74) is 1.95. The van der Waals surface area contributed by atoms with E-state index in [1.165, 1.54) is 0 Å². The summed E-state index contributed by atoms with van der Waals surface area (Å²) in [5.74, 6) is 2.01. The Morgan fingerprint density at radius 2 is 2.00 bits per heavy atom. The van der Waals surface area contributed by atoms with Crippen LogP contribution in [-0.2, 0) is 5.88 Å². The normalized spacial score (nSPS) is 16.4. The monoisotopic (exact) mass is 342 g/mol. The topological polar surface area (TPSA) is 18.5 Å². The molecule has 0 bridgehead atoms. The molecule has 21 heavy (non-hydrogen) atoms. The average molecular weight is 344 g/mol. The summed E-state index contributed by atoms with van der Waals surface area (Å²) in [7, 11) is 0. The highest BCUT2D eigenvalue weighted by Crippen LogP contribution is 2.37. The van der Waals surface area contributed by atoms with Crippen LogP contribution < -0.4 is 9.47 Å². The predicted molar refractivity (Wildman–Crippen MR) is 86.2 cm³/mol. The molecule has 1 aliphatic rings. The van der Waals surface area contributed by atoms with E-state index in [9.17, 15) is 0 Å². The van der Waals surface area contributed by atoms with E-state index in [4.69, 9.17) is 44.3 Å². The average Bonchev–Trinajstić information content (AvgIpc) is 2.89. The fraction of sp³-hybridized carbons (Fsp3) is 0.250. The molecule has 3 rings (SSSR count). The Morgan fingerprint density at radius 3 is 2.81 bits per heavy atom.